The van der Waals surface area contributed by atoms with Gasteiger partial charge in [-0.1, -0.05) is 36.0 Å². The maximum absolute atomic E-state index is 11.9. The van der Waals surface area contributed by atoms with E-state index in [2.05, 4.69) is 10.3 Å². The third kappa shape index (κ3) is 4.87. The van der Waals surface area contributed by atoms with Crippen LogP contribution >= 0.6 is 23.1 Å². The second kappa shape index (κ2) is 8.73. The van der Waals surface area contributed by atoms with Gasteiger partial charge < -0.3 is 14.8 Å². The Morgan fingerprint density at radius 2 is 1.92 bits per heavy atom. The molecule has 1 aromatic heterocycles. The van der Waals surface area contributed by atoms with Crippen LogP contribution in [0, 0.1) is 0 Å². The molecule has 5 nitrogen and oxygen atoms in total. The summed E-state index contributed by atoms with van der Waals surface area (Å²) in [5, 5.41) is 2.85. The molecule has 0 aliphatic rings. The molecular formula is C18H18N2O3S2. The van der Waals surface area contributed by atoms with E-state index in [-0.39, 0.29) is 5.91 Å². The van der Waals surface area contributed by atoms with Crippen molar-refractivity contribution in [2.24, 2.45) is 0 Å². The first-order valence-electron chi connectivity index (χ1n) is 7.77. The summed E-state index contributed by atoms with van der Waals surface area (Å²) in [5.41, 5.74) is 0.973. The molecule has 0 aliphatic carbocycles. The number of benzene rings is 2. The Labute approximate surface area is 154 Å². The number of hydrogen-bond donors (Lipinski definition) is 1. The Hall–Kier alpha value is -2.25. The molecule has 0 spiro atoms. The summed E-state index contributed by atoms with van der Waals surface area (Å²) in [6, 6.07) is 15.4. The van der Waals surface area contributed by atoms with Crippen LogP contribution < -0.4 is 14.8 Å². The molecule has 0 saturated heterocycles. The van der Waals surface area contributed by atoms with Crippen LogP contribution in [0.3, 0.4) is 0 Å². The Balaban J connectivity index is 1.39. The van der Waals surface area contributed by atoms with E-state index >= 15 is 0 Å². The summed E-state index contributed by atoms with van der Waals surface area (Å²) in [6.45, 7) is 0.829. The highest BCUT2D eigenvalue weighted by Gasteiger charge is 2.08. The maximum atomic E-state index is 11.9. The van der Waals surface area contributed by atoms with Crippen molar-refractivity contribution < 1.29 is 14.3 Å². The quantitative estimate of drug-likeness (QED) is 0.482. The summed E-state index contributed by atoms with van der Waals surface area (Å²) in [4.78, 5) is 16.4. The van der Waals surface area contributed by atoms with E-state index in [1.165, 1.54) is 11.8 Å². The summed E-state index contributed by atoms with van der Waals surface area (Å²) >= 11 is 3.05. The Kier molecular flexibility index (Phi) is 6.14. The minimum absolute atomic E-state index is 0.0344. The molecule has 3 aromatic rings. The van der Waals surface area contributed by atoms with Gasteiger partial charge in [-0.15, -0.1) is 11.3 Å². The zero-order valence-corrected chi connectivity index (χ0v) is 15.4. The first kappa shape index (κ1) is 17.6. The van der Waals surface area contributed by atoms with Crippen LogP contribution in [-0.4, -0.2) is 36.9 Å². The minimum atomic E-state index is -0.0344. The van der Waals surface area contributed by atoms with Gasteiger partial charge >= 0.3 is 0 Å². The number of hydrogen-bond acceptors (Lipinski definition) is 6. The maximum Gasteiger partial charge on any atom is 0.230 e. The molecular weight excluding hydrogens is 356 g/mol. The molecule has 7 heteroatoms. The van der Waals surface area contributed by atoms with E-state index in [1.807, 2.05) is 48.5 Å². The van der Waals surface area contributed by atoms with E-state index in [0.29, 0.717) is 30.4 Å². The zero-order valence-electron chi connectivity index (χ0n) is 13.7. The van der Waals surface area contributed by atoms with E-state index in [0.717, 1.165) is 14.6 Å². The number of thioether (sulfide) groups is 1. The Morgan fingerprint density at radius 1 is 1.16 bits per heavy atom. The van der Waals surface area contributed by atoms with Crippen molar-refractivity contribution in [1.82, 2.24) is 10.3 Å². The molecule has 1 N–H and O–H groups in total. The van der Waals surface area contributed by atoms with Crippen LogP contribution in [0.25, 0.3) is 10.2 Å². The van der Waals surface area contributed by atoms with Crippen molar-refractivity contribution in [1.29, 1.82) is 0 Å². The average molecular weight is 374 g/mol. The van der Waals surface area contributed by atoms with Gasteiger partial charge in [-0.3, -0.25) is 4.79 Å². The third-order valence-corrected chi connectivity index (χ3v) is 5.53. The number of aromatic nitrogens is 1. The fraction of sp³-hybridized carbons (Fsp3) is 0.222. The summed E-state index contributed by atoms with van der Waals surface area (Å²) < 4.78 is 12.9. The molecule has 25 heavy (non-hydrogen) atoms. The highest BCUT2D eigenvalue weighted by molar-refractivity contribution is 8.01. The zero-order chi connectivity index (χ0) is 17.5. The van der Waals surface area contributed by atoms with Gasteiger partial charge in [0.2, 0.25) is 5.91 Å². The van der Waals surface area contributed by atoms with Gasteiger partial charge in [0.15, 0.2) is 15.8 Å². The second-order valence-corrected chi connectivity index (χ2v) is 7.34. The first-order valence-corrected chi connectivity index (χ1v) is 9.57. The smallest absolute Gasteiger partial charge is 0.230 e. The van der Waals surface area contributed by atoms with Gasteiger partial charge in [-0.05, 0) is 24.3 Å². The predicted molar refractivity (Wildman–Crippen MR) is 102 cm³/mol. The SMILES string of the molecule is COc1ccccc1OCCNC(=O)CSc1nc2ccccc2s1. The van der Waals surface area contributed by atoms with Crippen molar-refractivity contribution in [2.45, 2.75) is 4.34 Å². The first-order chi connectivity index (χ1) is 12.3. The topological polar surface area (TPSA) is 60.5 Å². The second-order valence-electron chi connectivity index (χ2n) is 5.09. The molecule has 0 atom stereocenters. The van der Waals surface area contributed by atoms with Gasteiger partial charge in [0.1, 0.15) is 6.61 Å². The number of nitrogens with zero attached hydrogens (tertiary/aromatic N) is 1. The van der Waals surface area contributed by atoms with Crippen LogP contribution in [0.1, 0.15) is 0 Å². The molecule has 2 aromatic carbocycles. The van der Waals surface area contributed by atoms with Crippen molar-refractivity contribution in [3.05, 3.63) is 48.5 Å². The van der Waals surface area contributed by atoms with Crippen LogP contribution in [0.4, 0.5) is 0 Å². The van der Waals surface area contributed by atoms with Gasteiger partial charge in [0.25, 0.3) is 0 Å². The molecule has 1 heterocycles. The third-order valence-electron chi connectivity index (χ3n) is 3.35. The Bertz CT molecular complexity index is 818. The lowest BCUT2D eigenvalue weighted by Crippen LogP contribution is -2.29. The predicted octanol–water partition coefficient (Wildman–Crippen LogP) is 3.59. The minimum Gasteiger partial charge on any atom is -0.493 e. The lowest BCUT2D eigenvalue weighted by atomic mass is 10.3. The number of carbonyl (C=O) groups excluding carboxylic acids is 1. The normalized spacial score (nSPS) is 10.6. The molecule has 130 valence electrons. The van der Waals surface area contributed by atoms with Gasteiger partial charge in [-0.2, -0.15) is 0 Å². The highest BCUT2D eigenvalue weighted by Crippen LogP contribution is 2.29. The number of rotatable bonds is 8. The molecule has 0 aliphatic heterocycles. The summed E-state index contributed by atoms with van der Waals surface area (Å²) in [5.74, 6) is 1.66. The number of nitrogens with one attached hydrogen (secondary N) is 1. The number of ether oxygens (including phenoxy) is 2. The number of amides is 1. The van der Waals surface area contributed by atoms with Crippen LogP contribution in [0.2, 0.25) is 0 Å². The largest absolute Gasteiger partial charge is 0.493 e. The monoisotopic (exact) mass is 374 g/mol. The highest BCUT2D eigenvalue weighted by atomic mass is 32.2. The number of fused-ring (bicyclic) bond motifs is 1. The fourth-order valence-electron chi connectivity index (χ4n) is 2.18. The number of thiazole rings is 1. The van der Waals surface area contributed by atoms with Gasteiger partial charge in [-0.25, -0.2) is 4.98 Å². The average Bonchev–Trinajstić information content (AvgIpc) is 3.07. The molecule has 0 saturated carbocycles. The van der Waals surface area contributed by atoms with E-state index in [9.17, 15) is 4.79 Å². The van der Waals surface area contributed by atoms with Crippen LogP contribution in [0.5, 0.6) is 11.5 Å². The van der Waals surface area contributed by atoms with Crippen LogP contribution in [0.15, 0.2) is 52.9 Å². The molecule has 3 rings (SSSR count). The molecule has 0 unspecified atom stereocenters. The van der Waals surface area contributed by atoms with E-state index < -0.39 is 0 Å². The van der Waals surface area contributed by atoms with Crippen molar-refractivity contribution >= 4 is 39.2 Å². The molecule has 0 fully saturated rings. The number of para-hydroxylation sites is 3. The lowest BCUT2D eigenvalue weighted by molar-refractivity contribution is -0.118. The molecule has 0 bridgehead atoms. The van der Waals surface area contributed by atoms with Crippen LogP contribution in [-0.2, 0) is 4.79 Å². The fourth-order valence-corrected chi connectivity index (χ4v) is 4.08. The van der Waals surface area contributed by atoms with E-state index in [1.54, 1.807) is 18.4 Å². The number of methoxy groups -OCH3 is 1. The lowest BCUT2D eigenvalue weighted by Gasteiger charge is -2.10. The van der Waals surface area contributed by atoms with E-state index in [4.69, 9.17) is 9.47 Å². The van der Waals surface area contributed by atoms with Gasteiger partial charge in [0, 0.05) is 0 Å². The van der Waals surface area contributed by atoms with Gasteiger partial charge in [0.05, 0.1) is 29.6 Å². The summed E-state index contributed by atoms with van der Waals surface area (Å²) in [7, 11) is 1.60. The van der Waals surface area contributed by atoms with Crippen molar-refractivity contribution in [3.8, 4) is 11.5 Å². The molecule has 1 amide bonds. The summed E-state index contributed by atoms with van der Waals surface area (Å²) in [6.07, 6.45) is 0. The molecule has 0 radical (unpaired) electrons. The number of carbonyl (C=O) groups is 1. The van der Waals surface area contributed by atoms with Crippen molar-refractivity contribution in [2.75, 3.05) is 26.0 Å². The van der Waals surface area contributed by atoms with Crippen molar-refractivity contribution in [3.63, 3.8) is 0 Å². The standard InChI is InChI=1S/C18H18N2O3S2/c1-22-14-7-3-4-8-15(14)23-11-10-19-17(21)12-24-18-20-13-6-2-5-9-16(13)25-18/h2-9H,10-12H2,1H3,(H,19,21). The Morgan fingerprint density at radius 3 is 2.72 bits per heavy atom.